The molecule has 0 saturated heterocycles. The summed E-state index contributed by atoms with van der Waals surface area (Å²) in [6.07, 6.45) is 7.97. The first kappa shape index (κ1) is 12.3. The maximum absolute atomic E-state index is 12.0. The van der Waals surface area contributed by atoms with Gasteiger partial charge in [-0.05, 0) is 17.2 Å². The number of ether oxygens (including phenoxy) is 1. The van der Waals surface area contributed by atoms with Crippen molar-refractivity contribution in [2.45, 2.75) is 13.2 Å². The first-order valence-corrected chi connectivity index (χ1v) is 6.26. The van der Waals surface area contributed by atoms with Gasteiger partial charge in [0.05, 0.1) is 6.54 Å². The fourth-order valence-electron chi connectivity index (χ4n) is 2.01. The molecule has 2 heterocycles. The minimum atomic E-state index is -0.375. The number of carbonyl (C=O) groups is 1. The minimum Gasteiger partial charge on any atom is -0.444 e. The second-order valence-corrected chi connectivity index (χ2v) is 4.44. The van der Waals surface area contributed by atoms with Crippen LogP contribution in [-0.2, 0) is 17.9 Å². The molecular weight excluding hydrogens is 254 g/mol. The average molecular weight is 267 g/mol. The Morgan fingerprint density at radius 1 is 1.25 bits per heavy atom. The molecule has 0 atom stereocenters. The third-order valence-corrected chi connectivity index (χ3v) is 3.04. The van der Waals surface area contributed by atoms with E-state index in [2.05, 4.69) is 9.97 Å². The maximum Gasteiger partial charge on any atom is 0.414 e. The maximum atomic E-state index is 12.0. The summed E-state index contributed by atoms with van der Waals surface area (Å²) in [6, 6.07) is 7.97. The summed E-state index contributed by atoms with van der Waals surface area (Å²) in [4.78, 5) is 21.3. The van der Waals surface area contributed by atoms with Crippen molar-refractivity contribution in [3.63, 3.8) is 0 Å². The fraction of sp³-hybridized carbons (Fsp3) is 0.133. The lowest BCUT2D eigenvalue weighted by molar-refractivity contribution is 0.108. The molecule has 100 valence electrons. The van der Waals surface area contributed by atoms with E-state index in [-0.39, 0.29) is 12.7 Å². The summed E-state index contributed by atoms with van der Waals surface area (Å²) in [5.74, 6) is 0. The topological polar surface area (TPSA) is 55.3 Å². The second kappa shape index (κ2) is 5.52. The van der Waals surface area contributed by atoms with Gasteiger partial charge in [-0.3, -0.25) is 4.90 Å². The first-order valence-electron chi connectivity index (χ1n) is 6.26. The summed E-state index contributed by atoms with van der Waals surface area (Å²) in [5.41, 5.74) is 3.00. The van der Waals surface area contributed by atoms with Crippen LogP contribution in [0.15, 0.2) is 49.2 Å². The van der Waals surface area contributed by atoms with Gasteiger partial charge in [0.25, 0.3) is 0 Å². The van der Waals surface area contributed by atoms with Crippen LogP contribution in [0.2, 0.25) is 0 Å². The van der Waals surface area contributed by atoms with Crippen molar-refractivity contribution < 1.29 is 9.53 Å². The normalized spacial score (nSPS) is 12.9. The summed E-state index contributed by atoms with van der Waals surface area (Å²) < 4.78 is 5.24. The minimum absolute atomic E-state index is 0.172. The number of hydrogen-bond donors (Lipinski definition) is 0. The van der Waals surface area contributed by atoms with Crippen molar-refractivity contribution in [2.75, 3.05) is 0 Å². The molecule has 20 heavy (non-hydrogen) atoms. The van der Waals surface area contributed by atoms with Crippen LogP contribution in [0.3, 0.4) is 0 Å². The predicted molar refractivity (Wildman–Crippen MR) is 73.2 cm³/mol. The Morgan fingerprint density at radius 3 is 2.90 bits per heavy atom. The van der Waals surface area contributed by atoms with Crippen molar-refractivity contribution in [1.82, 2.24) is 14.9 Å². The fourth-order valence-corrected chi connectivity index (χ4v) is 2.01. The Labute approximate surface area is 116 Å². The van der Waals surface area contributed by atoms with E-state index in [1.54, 1.807) is 23.5 Å². The van der Waals surface area contributed by atoms with E-state index in [1.807, 2.05) is 30.3 Å². The average Bonchev–Trinajstić information content (AvgIpc) is 2.53. The van der Waals surface area contributed by atoms with Gasteiger partial charge in [0.2, 0.25) is 0 Å². The highest BCUT2D eigenvalue weighted by atomic mass is 16.6. The highest BCUT2D eigenvalue weighted by molar-refractivity contribution is 5.72. The molecule has 0 radical (unpaired) electrons. The molecule has 0 bridgehead atoms. The highest BCUT2D eigenvalue weighted by Crippen LogP contribution is 2.19. The zero-order chi connectivity index (χ0) is 13.8. The molecule has 5 heteroatoms. The summed E-state index contributed by atoms with van der Waals surface area (Å²) in [5, 5.41) is 0. The van der Waals surface area contributed by atoms with E-state index < -0.39 is 0 Å². The van der Waals surface area contributed by atoms with Crippen molar-refractivity contribution in [2.24, 2.45) is 0 Å². The van der Waals surface area contributed by atoms with Gasteiger partial charge < -0.3 is 4.74 Å². The molecule has 0 fully saturated rings. The molecule has 1 aliphatic rings. The Morgan fingerprint density at radius 2 is 2.05 bits per heavy atom. The van der Waals surface area contributed by atoms with Crippen LogP contribution in [-0.4, -0.2) is 21.0 Å². The Bertz CT molecular complexity index is 641. The third kappa shape index (κ3) is 2.66. The van der Waals surface area contributed by atoms with Crippen molar-refractivity contribution in [1.29, 1.82) is 0 Å². The lowest BCUT2D eigenvalue weighted by atomic mass is 10.1. The van der Waals surface area contributed by atoms with E-state index in [0.29, 0.717) is 6.54 Å². The molecule has 3 rings (SSSR count). The summed E-state index contributed by atoms with van der Waals surface area (Å²) >= 11 is 0. The molecule has 1 aliphatic heterocycles. The molecule has 0 unspecified atom stereocenters. The quantitative estimate of drug-likeness (QED) is 0.839. The largest absolute Gasteiger partial charge is 0.444 e. The molecule has 1 amide bonds. The van der Waals surface area contributed by atoms with Gasteiger partial charge in [0, 0.05) is 24.2 Å². The number of nitrogens with zero attached hydrogens (tertiary/aromatic N) is 3. The molecule has 0 N–H and O–H groups in total. The monoisotopic (exact) mass is 267 g/mol. The van der Waals surface area contributed by atoms with Crippen LogP contribution < -0.4 is 0 Å². The van der Waals surface area contributed by atoms with Crippen LogP contribution in [0, 0.1) is 0 Å². The zero-order valence-corrected chi connectivity index (χ0v) is 10.8. The summed E-state index contributed by atoms with van der Waals surface area (Å²) in [6.45, 7) is 0.697. The van der Waals surface area contributed by atoms with E-state index in [0.717, 1.165) is 16.7 Å². The number of carbonyl (C=O) groups excluding carboxylic acids is 1. The Hall–Kier alpha value is -2.69. The second-order valence-electron chi connectivity index (χ2n) is 4.44. The number of hydrogen-bond acceptors (Lipinski definition) is 4. The van der Waals surface area contributed by atoms with Gasteiger partial charge >= 0.3 is 6.09 Å². The molecule has 0 saturated carbocycles. The van der Waals surface area contributed by atoms with Crippen LogP contribution in [0.5, 0.6) is 0 Å². The van der Waals surface area contributed by atoms with E-state index in [1.165, 1.54) is 6.33 Å². The highest BCUT2D eigenvalue weighted by Gasteiger charge is 2.17. The van der Waals surface area contributed by atoms with Crippen LogP contribution in [0.1, 0.15) is 16.7 Å². The van der Waals surface area contributed by atoms with Crippen molar-refractivity contribution in [3.8, 4) is 0 Å². The van der Waals surface area contributed by atoms with Gasteiger partial charge in [0.15, 0.2) is 0 Å². The van der Waals surface area contributed by atoms with E-state index in [4.69, 9.17) is 4.74 Å². The third-order valence-electron chi connectivity index (χ3n) is 3.04. The van der Waals surface area contributed by atoms with Gasteiger partial charge in [-0.2, -0.15) is 0 Å². The lowest BCUT2D eigenvalue weighted by Gasteiger charge is -2.22. The zero-order valence-electron chi connectivity index (χ0n) is 10.8. The molecule has 1 aromatic heterocycles. The number of rotatable bonds is 2. The number of aromatic nitrogens is 2. The lowest BCUT2D eigenvalue weighted by Crippen LogP contribution is -2.27. The molecule has 1 aromatic carbocycles. The van der Waals surface area contributed by atoms with Gasteiger partial charge in [-0.25, -0.2) is 14.8 Å². The smallest absolute Gasteiger partial charge is 0.414 e. The molecular formula is C15H13N3O2. The molecule has 2 aromatic rings. The SMILES string of the molecule is O=C(OCc1cncnc1)N1C=Cc2ccccc2C1. The Kier molecular flexibility index (Phi) is 3.41. The molecule has 0 aliphatic carbocycles. The number of amides is 1. The van der Waals surface area contributed by atoms with Crippen LogP contribution in [0.25, 0.3) is 6.08 Å². The standard InChI is InChI=1S/C15H13N3O2/c19-15(20-10-12-7-16-11-17-8-12)18-6-5-13-3-1-2-4-14(13)9-18/h1-8,11H,9-10H2. The van der Waals surface area contributed by atoms with E-state index in [9.17, 15) is 4.79 Å². The van der Waals surface area contributed by atoms with E-state index >= 15 is 0 Å². The number of fused-ring (bicyclic) bond motifs is 1. The van der Waals surface area contributed by atoms with Gasteiger partial charge in [-0.15, -0.1) is 0 Å². The summed E-state index contributed by atoms with van der Waals surface area (Å²) in [7, 11) is 0. The van der Waals surface area contributed by atoms with Crippen molar-refractivity contribution in [3.05, 3.63) is 65.9 Å². The first-order chi connectivity index (χ1) is 9.83. The Balaban J connectivity index is 1.62. The number of benzene rings is 1. The molecule has 0 spiro atoms. The van der Waals surface area contributed by atoms with Crippen LogP contribution >= 0.6 is 0 Å². The van der Waals surface area contributed by atoms with Crippen molar-refractivity contribution >= 4 is 12.2 Å². The van der Waals surface area contributed by atoms with Gasteiger partial charge in [0.1, 0.15) is 12.9 Å². The van der Waals surface area contributed by atoms with Gasteiger partial charge in [-0.1, -0.05) is 24.3 Å². The van der Waals surface area contributed by atoms with Crippen LogP contribution in [0.4, 0.5) is 4.79 Å². The predicted octanol–water partition coefficient (Wildman–Crippen LogP) is 2.60. The molecule has 5 nitrogen and oxygen atoms in total.